The quantitative estimate of drug-likeness (QED) is 0.835. The molecule has 4 nitrogen and oxygen atoms in total. The van der Waals surface area contributed by atoms with Gasteiger partial charge in [-0.1, -0.05) is 25.3 Å². The van der Waals surface area contributed by atoms with Crippen molar-refractivity contribution in [2.45, 2.75) is 38.1 Å². The number of aliphatic hydroxyl groups excluding tert-OH is 1. The van der Waals surface area contributed by atoms with E-state index in [2.05, 4.69) is 9.88 Å². The topological polar surface area (TPSA) is 62.4 Å². The van der Waals surface area contributed by atoms with E-state index in [0.717, 1.165) is 5.82 Å². The van der Waals surface area contributed by atoms with Crippen LogP contribution < -0.4 is 10.6 Å². The Kier molecular flexibility index (Phi) is 4.20. The third-order valence-corrected chi connectivity index (χ3v) is 3.41. The molecule has 1 aliphatic carbocycles. The van der Waals surface area contributed by atoms with Crippen LogP contribution >= 0.6 is 0 Å². The van der Waals surface area contributed by atoms with Crippen LogP contribution in [-0.4, -0.2) is 29.3 Å². The van der Waals surface area contributed by atoms with Crippen LogP contribution in [0.25, 0.3) is 0 Å². The Hall–Kier alpha value is -1.29. The molecule has 4 heteroatoms. The SMILES string of the molecule is Nc1cccc(N(CCO)C2CCCCC2)n1. The van der Waals surface area contributed by atoms with E-state index in [1.54, 1.807) is 6.07 Å². The summed E-state index contributed by atoms with van der Waals surface area (Å²) in [6, 6.07) is 6.19. The lowest BCUT2D eigenvalue weighted by atomic mass is 9.94. The van der Waals surface area contributed by atoms with Crippen molar-refractivity contribution in [1.29, 1.82) is 0 Å². The molecule has 1 aromatic heterocycles. The summed E-state index contributed by atoms with van der Waals surface area (Å²) in [5, 5.41) is 9.20. The summed E-state index contributed by atoms with van der Waals surface area (Å²) in [6.45, 7) is 0.800. The minimum Gasteiger partial charge on any atom is -0.395 e. The summed E-state index contributed by atoms with van der Waals surface area (Å²) in [5.74, 6) is 1.44. The van der Waals surface area contributed by atoms with Crippen molar-refractivity contribution in [3.05, 3.63) is 18.2 Å². The van der Waals surface area contributed by atoms with E-state index in [9.17, 15) is 5.11 Å². The van der Waals surface area contributed by atoms with Gasteiger partial charge in [-0.05, 0) is 25.0 Å². The van der Waals surface area contributed by atoms with Crippen molar-refractivity contribution >= 4 is 11.6 Å². The van der Waals surface area contributed by atoms with Crippen LogP contribution in [0.4, 0.5) is 11.6 Å². The van der Waals surface area contributed by atoms with E-state index in [1.165, 1.54) is 32.1 Å². The van der Waals surface area contributed by atoms with Gasteiger partial charge in [-0.3, -0.25) is 0 Å². The van der Waals surface area contributed by atoms with Crippen LogP contribution in [0.15, 0.2) is 18.2 Å². The van der Waals surface area contributed by atoms with Gasteiger partial charge >= 0.3 is 0 Å². The Bertz CT molecular complexity index is 350. The molecule has 1 heterocycles. The van der Waals surface area contributed by atoms with Gasteiger partial charge in [0.25, 0.3) is 0 Å². The molecule has 0 spiro atoms. The molecular weight excluding hydrogens is 214 g/mol. The maximum Gasteiger partial charge on any atom is 0.131 e. The van der Waals surface area contributed by atoms with Crippen LogP contribution in [-0.2, 0) is 0 Å². The number of aromatic nitrogens is 1. The molecule has 0 amide bonds. The van der Waals surface area contributed by atoms with E-state index >= 15 is 0 Å². The highest BCUT2D eigenvalue weighted by Gasteiger charge is 2.21. The van der Waals surface area contributed by atoms with Gasteiger partial charge in [0, 0.05) is 12.6 Å². The zero-order valence-corrected chi connectivity index (χ0v) is 10.2. The Morgan fingerprint density at radius 1 is 1.29 bits per heavy atom. The summed E-state index contributed by atoms with van der Waals surface area (Å²) >= 11 is 0. The van der Waals surface area contributed by atoms with Crippen molar-refractivity contribution in [2.75, 3.05) is 23.8 Å². The molecule has 0 radical (unpaired) electrons. The van der Waals surface area contributed by atoms with E-state index < -0.39 is 0 Å². The predicted octanol–water partition coefficient (Wildman–Crippen LogP) is 1.80. The molecule has 17 heavy (non-hydrogen) atoms. The van der Waals surface area contributed by atoms with Gasteiger partial charge in [0.2, 0.25) is 0 Å². The summed E-state index contributed by atoms with van der Waals surface area (Å²) in [4.78, 5) is 6.56. The Labute approximate surface area is 102 Å². The first-order valence-corrected chi connectivity index (χ1v) is 6.41. The molecule has 1 saturated carbocycles. The van der Waals surface area contributed by atoms with Crippen molar-refractivity contribution in [1.82, 2.24) is 4.98 Å². The van der Waals surface area contributed by atoms with Crippen LogP contribution in [0.3, 0.4) is 0 Å². The summed E-state index contributed by atoms with van der Waals surface area (Å²) in [7, 11) is 0. The van der Waals surface area contributed by atoms with Gasteiger partial charge in [-0.2, -0.15) is 0 Å². The second kappa shape index (κ2) is 5.87. The highest BCUT2D eigenvalue weighted by Crippen LogP contribution is 2.26. The van der Waals surface area contributed by atoms with Crippen molar-refractivity contribution < 1.29 is 5.11 Å². The highest BCUT2D eigenvalue weighted by molar-refractivity contribution is 5.45. The number of nitrogen functional groups attached to an aromatic ring is 1. The molecule has 0 bridgehead atoms. The van der Waals surface area contributed by atoms with E-state index in [4.69, 9.17) is 5.73 Å². The molecule has 0 saturated heterocycles. The first-order valence-electron chi connectivity index (χ1n) is 6.41. The highest BCUT2D eigenvalue weighted by atomic mass is 16.3. The Morgan fingerprint density at radius 3 is 2.71 bits per heavy atom. The molecule has 1 aliphatic rings. The molecule has 0 aromatic carbocycles. The molecule has 0 aliphatic heterocycles. The minimum atomic E-state index is 0.160. The molecule has 94 valence electrons. The lowest BCUT2D eigenvalue weighted by Crippen LogP contribution is -2.39. The van der Waals surface area contributed by atoms with Crippen LogP contribution in [0.1, 0.15) is 32.1 Å². The normalized spacial score (nSPS) is 17.0. The fourth-order valence-electron chi connectivity index (χ4n) is 2.58. The number of pyridine rings is 1. The fourth-order valence-corrected chi connectivity index (χ4v) is 2.58. The predicted molar refractivity (Wildman–Crippen MR) is 70.0 cm³/mol. The van der Waals surface area contributed by atoms with Crippen molar-refractivity contribution in [2.24, 2.45) is 0 Å². The van der Waals surface area contributed by atoms with Gasteiger partial charge in [0.1, 0.15) is 11.6 Å². The standard InChI is InChI=1S/C13H21N3O/c14-12-7-4-8-13(15-12)16(9-10-17)11-5-2-1-3-6-11/h4,7-8,11,17H,1-3,5-6,9-10H2,(H2,14,15). The molecule has 2 rings (SSSR count). The number of nitrogens with zero attached hydrogens (tertiary/aromatic N) is 2. The zero-order chi connectivity index (χ0) is 12.1. The number of hydrogen-bond donors (Lipinski definition) is 2. The number of rotatable bonds is 4. The smallest absolute Gasteiger partial charge is 0.131 e. The Balaban J connectivity index is 2.15. The number of hydrogen-bond acceptors (Lipinski definition) is 4. The van der Waals surface area contributed by atoms with E-state index in [-0.39, 0.29) is 6.61 Å². The number of nitrogens with two attached hydrogens (primary N) is 1. The molecule has 1 aromatic rings. The molecule has 3 N–H and O–H groups in total. The average molecular weight is 235 g/mol. The average Bonchev–Trinajstić information content (AvgIpc) is 2.37. The molecule has 0 unspecified atom stereocenters. The van der Waals surface area contributed by atoms with Gasteiger partial charge < -0.3 is 15.7 Å². The lowest BCUT2D eigenvalue weighted by Gasteiger charge is -2.35. The largest absolute Gasteiger partial charge is 0.395 e. The maximum atomic E-state index is 9.20. The summed E-state index contributed by atoms with van der Waals surface area (Å²) < 4.78 is 0. The first kappa shape index (κ1) is 12.2. The number of anilines is 2. The summed E-state index contributed by atoms with van der Waals surface area (Å²) in [5.41, 5.74) is 5.72. The van der Waals surface area contributed by atoms with Crippen LogP contribution in [0.2, 0.25) is 0 Å². The fraction of sp³-hybridized carbons (Fsp3) is 0.615. The van der Waals surface area contributed by atoms with Gasteiger partial charge in [0.15, 0.2) is 0 Å². The van der Waals surface area contributed by atoms with Gasteiger partial charge in [-0.25, -0.2) is 4.98 Å². The minimum absolute atomic E-state index is 0.160. The zero-order valence-electron chi connectivity index (χ0n) is 10.2. The maximum absolute atomic E-state index is 9.20. The number of aliphatic hydroxyl groups is 1. The molecule has 0 atom stereocenters. The third kappa shape index (κ3) is 3.09. The van der Waals surface area contributed by atoms with Crippen LogP contribution in [0, 0.1) is 0 Å². The van der Waals surface area contributed by atoms with Crippen LogP contribution in [0.5, 0.6) is 0 Å². The van der Waals surface area contributed by atoms with E-state index in [1.807, 2.05) is 12.1 Å². The van der Waals surface area contributed by atoms with Gasteiger partial charge in [0.05, 0.1) is 6.61 Å². The second-order valence-corrected chi connectivity index (χ2v) is 4.63. The van der Waals surface area contributed by atoms with E-state index in [0.29, 0.717) is 18.4 Å². The second-order valence-electron chi connectivity index (χ2n) is 4.63. The third-order valence-electron chi connectivity index (χ3n) is 3.41. The van der Waals surface area contributed by atoms with Crippen molar-refractivity contribution in [3.63, 3.8) is 0 Å². The first-order chi connectivity index (χ1) is 8.31. The summed E-state index contributed by atoms with van der Waals surface area (Å²) in [6.07, 6.45) is 6.25. The molecule has 1 fully saturated rings. The monoisotopic (exact) mass is 235 g/mol. The lowest BCUT2D eigenvalue weighted by molar-refractivity contribution is 0.289. The Morgan fingerprint density at radius 2 is 2.06 bits per heavy atom. The van der Waals surface area contributed by atoms with Crippen molar-refractivity contribution in [3.8, 4) is 0 Å². The molecular formula is C13H21N3O. The van der Waals surface area contributed by atoms with Gasteiger partial charge in [-0.15, -0.1) is 0 Å².